The molecule has 0 aromatic heterocycles. The lowest BCUT2D eigenvalue weighted by Gasteiger charge is -2.16. The van der Waals surface area contributed by atoms with Gasteiger partial charge in [-0.15, -0.1) is 11.6 Å². The van der Waals surface area contributed by atoms with Gasteiger partial charge in [0.15, 0.2) is 0 Å². The third kappa shape index (κ3) is 7.86. The molecule has 0 heterocycles. The maximum Gasteiger partial charge on any atom is 0.220 e. The first-order chi connectivity index (χ1) is 5.45. The Bertz CT molecular complexity index is 140. The second kappa shape index (κ2) is 5.41. The second-order valence-corrected chi connectivity index (χ2v) is 4.51. The predicted molar refractivity (Wildman–Crippen MR) is 52.4 cm³/mol. The number of carbonyl (C=O) groups is 1. The van der Waals surface area contributed by atoms with Crippen molar-refractivity contribution in [2.45, 2.75) is 33.6 Å². The monoisotopic (exact) mass is 191 g/mol. The molecule has 0 atom stereocenters. The van der Waals surface area contributed by atoms with Gasteiger partial charge in [-0.25, -0.2) is 0 Å². The van der Waals surface area contributed by atoms with Gasteiger partial charge in [-0.05, 0) is 11.8 Å². The molecule has 0 radical (unpaired) electrons. The molecule has 0 aliphatic carbocycles. The molecule has 72 valence electrons. The van der Waals surface area contributed by atoms with E-state index in [1.54, 1.807) is 0 Å². The summed E-state index contributed by atoms with van der Waals surface area (Å²) in [6.07, 6.45) is 1.42. The number of halogens is 1. The topological polar surface area (TPSA) is 29.1 Å². The molecule has 0 spiro atoms. The van der Waals surface area contributed by atoms with Crippen molar-refractivity contribution in [1.29, 1.82) is 0 Å². The third-order valence-corrected chi connectivity index (χ3v) is 1.59. The Labute approximate surface area is 79.7 Å². The standard InChI is InChI=1S/C9H18ClNO/c1-9(2,3)7-8(12)11-6-4-5-10/h4-7H2,1-3H3,(H,11,12). The number of carbonyl (C=O) groups excluding carboxylic acids is 1. The fourth-order valence-corrected chi connectivity index (χ4v) is 0.972. The van der Waals surface area contributed by atoms with Crippen LogP contribution in [0.3, 0.4) is 0 Å². The van der Waals surface area contributed by atoms with E-state index < -0.39 is 0 Å². The largest absolute Gasteiger partial charge is 0.356 e. The fraction of sp³-hybridized carbons (Fsp3) is 0.889. The highest BCUT2D eigenvalue weighted by Gasteiger charge is 2.14. The minimum absolute atomic E-state index is 0.0745. The first kappa shape index (κ1) is 11.8. The van der Waals surface area contributed by atoms with E-state index in [-0.39, 0.29) is 11.3 Å². The van der Waals surface area contributed by atoms with E-state index >= 15 is 0 Å². The lowest BCUT2D eigenvalue weighted by molar-refractivity contribution is -0.122. The maximum absolute atomic E-state index is 11.2. The molecule has 0 saturated heterocycles. The van der Waals surface area contributed by atoms with Crippen LogP contribution in [-0.4, -0.2) is 18.3 Å². The molecule has 3 heteroatoms. The summed E-state index contributed by atoms with van der Waals surface area (Å²) in [7, 11) is 0. The summed E-state index contributed by atoms with van der Waals surface area (Å²) in [5, 5.41) is 2.82. The summed E-state index contributed by atoms with van der Waals surface area (Å²) >= 11 is 5.47. The van der Waals surface area contributed by atoms with E-state index in [2.05, 4.69) is 5.32 Å². The minimum Gasteiger partial charge on any atom is -0.356 e. The van der Waals surface area contributed by atoms with Crippen molar-refractivity contribution in [3.63, 3.8) is 0 Å². The van der Waals surface area contributed by atoms with Crippen LogP contribution < -0.4 is 5.32 Å². The molecule has 0 aromatic carbocycles. The van der Waals surface area contributed by atoms with Crippen molar-refractivity contribution < 1.29 is 4.79 Å². The summed E-state index contributed by atoms with van der Waals surface area (Å²) in [6.45, 7) is 6.84. The van der Waals surface area contributed by atoms with E-state index in [4.69, 9.17) is 11.6 Å². The van der Waals surface area contributed by atoms with Crippen LogP contribution in [0.25, 0.3) is 0 Å². The molecule has 0 bridgehead atoms. The maximum atomic E-state index is 11.2. The molecule has 1 N–H and O–H groups in total. The number of nitrogens with one attached hydrogen (secondary N) is 1. The molecular formula is C9H18ClNO. The predicted octanol–water partition coefficient (Wildman–Crippen LogP) is 2.17. The fourth-order valence-electron chi connectivity index (χ4n) is 0.839. The quantitative estimate of drug-likeness (QED) is 0.536. The van der Waals surface area contributed by atoms with Gasteiger partial charge in [-0.3, -0.25) is 4.79 Å². The normalized spacial score (nSPS) is 11.3. The number of amides is 1. The van der Waals surface area contributed by atoms with Crippen LogP contribution in [0.1, 0.15) is 33.6 Å². The number of hydrogen-bond donors (Lipinski definition) is 1. The molecular weight excluding hydrogens is 174 g/mol. The smallest absolute Gasteiger partial charge is 0.220 e. The molecule has 0 unspecified atom stereocenters. The van der Waals surface area contributed by atoms with Crippen LogP contribution in [0, 0.1) is 5.41 Å². The van der Waals surface area contributed by atoms with Crippen LogP contribution in [0.5, 0.6) is 0 Å². The minimum atomic E-state index is 0.0745. The van der Waals surface area contributed by atoms with Gasteiger partial charge in [-0.2, -0.15) is 0 Å². The number of rotatable bonds is 4. The summed E-state index contributed by atoms with van der Waals surface area (Å²) in [4.78, 5) is 11.2. The summed E-state index contributed by atoms with van der Waals surface area (Å²) < 4.78 is 0. The van der Waals surface area contributed by atoms with Crippen molar-refractivity contribution in [3.8, 4) is 0 Å². The molecule has 1 amide bonds. The zero-order chi connectivity index (χ0) is 9.61. The Morgan fingerprint density at radius 3 is 2.42 bits per heavy atom. The van der Waals surface area contributed by atoms with Gasteiger partial charge in [0.05, 0.1) is 0 Å². The number of alkyl halides is 1. The Kier molecular flexibility index (Phi) is 5.31. The zero-order valence-corrected chi connectivity index (χ0v) is 8.87. The zero-order valence-electron chi connectivity index (χ0n) is 8.11. The lowest BCUT2D eigenvalue weighted by Crippen LogP contribution is -2.28. The van der Waals surface area contributed by atoms with Gasteiger partial charge >= 0.3 is 0 Å². The van der Waals surface area contributed by atoms with Crippen LogP contribution in [-0.2, 0) is 4.79 Å². The van der Waals surface area contributed by atoms with Crippen LogP contribution >= 0.6 is 11.6 Å². The highest BCUT2D eigenvalue weighted by Crippen LogP contribution is 2.17. The van der Waals surface area contributed by atoms with E-state index in [1.807, 2.05) is 20.8 Å². The molecule has 0 rings (SSSR count). The first-order valence-electron chi connectivity index (χ1n) is 4.28. The van der Waals surface area contributed by atoms with Gasteiger partial charge < -0.3 is 5.32 Å². The lowest BCUT2D eigenvalue weighted by atomic mass is 9.92. The first-order valence-corrected chi connectivity index (χ1v) is 4.82. The molecule has 0 aliphatic heterocycles. The van der Waals surface area contributed by atoms with E-state index in [0.29, 0.717) is 18.8 Å². The van der Waals surface area contributed by atoms with Crippen molar-refractivity contribution >= 4 is 17.5 Å². The Hall–Kier alpha value is -0.240. The van der Waals surface area contributed by atoms with Gasteiger partial charge in [0.1, 0.15) is 0 Å². The molecule has 0 fully saturated rings. The average molecular weight is 192 g/mol. The highest BCUT2D eigenvalue weighted by molar-refractivity contribution is 6.17. The molecule has 2 nitrogen and oxygen atoms in total. The van der Waals surface area contributed by atoms with Gasteiger partial charge in [0, 0.05) is 18.8 Å². The van der Waals surface area contributed by atoms with Gasteiger partial charge in [0.2, 0.25) is 5.91 Å². The highest BCUT2D eigenvalue weighted by atomic mass is 35.5. The SMILES string of the molecule is CC(C)(C)CC(=O)NCCCCl. The van der Waals surface area contributed by atoms with Crippen molar-refractivity contribution in [2.24, 2.45) is 5.41 Å². The Morgan fingerprint density at radius 1 is 1.42 bits per heavy atom. The molecule has 0 saturated carbocycles. The van der Waals surface area contributed by atoms with Crippen molar-refractivity contribution in [3.05, 3.63) is 0 Å². The van der Waals surface area contributed by atoms with E-state index in [9.17, 15) is 4.79 Å². The average Bonchev–Trinajstić information content (AvgIpc) is 1.84. The van der Waals surface area contributed by atoms with E-state index in [0.717, 1.165) is 6.42 Å². The summed E-state index contributed by atoms with van der Waals surface area (Å²) in [6, 6.07) is 0. The van der Waals surface area contributed by atoms with Gasteiger partial charge in [0.25, 0.3) is 0 Å². The summed E-state index contributed by atoms with van der Waals surface area (Å²) in [5.74, 6) is 0.725. The van der Waals surface area contributed by atoms with E-state index in [1.165, 1.54) is 0 Å². The summed E-state index contributed by atoms with van der Waals surface area (Å²) in [5.41, 5.74) is 0.0745. The number of hydrogen-bond acceptors (Lipinski definition) is 1. The Balaban J connectivity index is 3.47. The second-order valence-electron chi connectivity index (χ2n) is 4.13. The van der Waals surface area contributed by atoms with Crippen LogP contribution in [0.4, 0.5) is 0 Å². The molecule has 0 aliphatic rings. The van der Waals surface area contributed by atoms with Crippen LogP contribution in [0.2, 0.25) is 0 Å². The molecule has 0 aromatic rings. The van der Waals surface area contributed by atoms with Crippen molar-refractivity contribution in [2.75, 3.05) is 12.4 Å². The molecule has 12 heavy (non-hydrogen) atoms. The van der Waals surface area contributed by atoms with Crippen LogP contribution in [0.15, 0.2) is 0 Å². The van der Waals surface area contributed by atoms with Gasteiger partial charge in [-0.1, -0.05) is 20.8 Å². The van der Waals surface area contributed by atoms with Crippen molar-refractivity contribution in [1.82, 2.24) is 5.32 Å². The Morgan fingerprint density at radius 2 is 2.00 bits per heavy atom. The third-order valence-electron chi connectivity index (χ3n) is 1.32.